The van der Waals surface area contributed by atoms with Gasteiger partial charge in [-0.3, -0.25) is 19.2 Å². The van der Waals surface area contributed by atoms with E-state index >= 15 is 0 Å². The number of rotatable bonds is 9. The second-order valence-corrected chi connectivity index (χ2v) is 5.15. The lowest BCUT2D eigenvalue weighted by atomic mass is 10.1. The van der Waals surface area contributed by atoms with Crippen molar-refractivity contribution in [1.29, 1.82) is 0 Å². The summed E-state index contributed by atoms with van der Waals surface area (Å²) in [5.41, 5.74) is 5.23. The third-order valence-electron chi connectivity index (χ3n) is 2.74. The van der Waals surface area contributed by atoms with Crippen molar-refractivity contribution in [2.45, 2.75) is 24.9 Å². The van der Waals surface area contributed by atoms with Crippen LogP contribution in [0.1, 0.15) is 12.8 Å². The van der Waals surface area contributed by atoms with Crippen molar-refractivity contribution in [2.24, 2.45) is 5.73 Å². The van der Waals surface area contributed by atoms with Gasteiger partial charge in [-0.2, -0.15) is 12.6 Å². The average Bonchev–Trinajstić information content (AvgIpc) is 3.14. The maximum Gasteiger partial charge on any atom is 0.322 e. The van der Waals surface area contributed by atoms with Gasteiger partial charge >= 0.3 is 11.9 Å². The summed E-state index contributed by atoms with van der Waals surface area (Å²) >= 11 is 3.87. The van der Waals surface area contributed by atoms with Gasteiger partial charge in [-0.1, -0.05) is 0 Å². The zero-order valence-corrected chi connectivity index (χ0v) is 14.2. The lowest BCUT2D eigenvalue weighted by Crippen LogP contribution is -2.49. The van der Waals surface area contributed by atoms with E-state index in [0.29, 0.717) is 0 Å². The minimum Gasteiger partial charge on any atom is -0.480 e. The number of hydrogen-bond donors (Lipinski definition) is 7. The molecule has 2 atom stereocenters. The van der Waals surface area contributed by atoms with E-state index in [4.69, 9.17) is 15.9 Å². The monoisotopic (exact) mass is 374 g/mol. The fourth-order valence-corrected chi connectivity index (χ4v) is 1.69. The van der Waals surface area contributed by atoms with Crippen LogP contribution in [0.4, 0.5) is 0 Å². The zero-order valence-electron chi connectivity index (χ0n) is 13.3. The van der Waals surface area contributed by atoms with Crippen LogP contribution in [0.2, 0.25) is 0 Å². The van der Waals surface area contributed by atoms with E-state index in [2.05, 4.69) is 28.2 Å². The molecular formula is C14H22N4O6S. The van der Waals surface area contributed by atoms with Gasteiger partial charge in [0.15, 0.2) is 0 Å². The van der Waals surface area contributed by atoms with Gasteiger partial charge in [0.25, 0.3) is 0 Å². The second kappa shape index (κ2) is 12.8. The number of H-pyrrole nitrogens is 1. The SMILES string of the molecule is NC(CCC(=O)NC(CS)C(=O)NCC(=O)O)C(=O)O.c1cc[nH]c1. The summed E-state index contributed by atoms with van der Waals surface area (Å²) in [6.45, 7) is -0.567. The Morgan fingerprint density at radius 3 is 2.16 bits per heavy atom. The first kappa shape index (κ1) is 22.5. The van der Waals surface area contributed by atoms with Crippen molar-refractivity contribution in [2.75, 3.05) is 12.3 Å². The van der Waals surface area contributed by atoms with Crippen molar-refractivity contribution >= 4 is 36.4 Å². The van der Waals surface area contributed by atoms with Crippen LogP contribution >= 0.6 is 12.6 Å². The Bertz CT molecular complexity index is 534. The molecule has 11 heteroatoms. The van der Waals surface area contributed by atoms with E-state index in [1.807, 2.05) is 24.5 Å². The molecule has 0 radical (unpaired) electrons. The number of hydrogen-bond acceptors (Lipinski definition) is 6. The number of carbonyl (C=O) groups is 4. The molecule has 0 aliphatic carbocycles. The highest BCUT2D eigenvalue weighted by atomic mass is 32.1. The lowest BCUT2D eigenvalue weighted by Gasteiger charge is -2.16. The molecule has 1 heterocycles. The summed E-state index contributed by atoms with van der Waals surface area (Å²) in [5.74, 6) is -3.70. The van der Waals surface area contributed by atoms with Gasteiger partial charge < -0.3 is 31.6 Å². The molecule has 0 spiro atoms. The fraction of sp³-hybridized carbons (Fsp3) is 0.429. The first-order chi connectivity index (χ1) is 11.8. The predicted octanol–water partition coefficient (Wildman–Crippen LogP) is -1.19. The van der Waals surface area contributed by atoms with Crippen LogP contribution in [0.15, 0.2) is 24.5 Å². The number of aliphatic carboxylic acids is 2. The highest BCUT2D eigenvalue weighted by Gasteiger charge is 2.20. The number of nitrogens with two attached hydrogens (primary N) is 1. The van der Waals surface area contributed by atoms with Crippen molar-refractivity contribution in [3.8, 4) is 0 Å². The van der Waals surface area contributed by atoms with Gasteiger partial charge in [-0.25, -0.2) is 0 Å². The molecule has 0 bridgehead atoms. The molecule has 7 N–H and O–H groups in total. The third kappa shape index (κ3) is 11.6. The van der Waals surface area contributed by atoms with E-state index in [1.54, 1.807) is 0 Å². The first-order valence-corrected chi connectivity index (χ1v) is 7.87. The predicted molar refractivity (Wildman–Crippen MR) is 92.1 cm³/mol. The standard InChI is InChI=1S/C10H17N3O6S.C4H5N/c11-5(10(18)19)1-2-7(14)13-6(4-20)9(17)12-3-8(15)16;1-2-4-5-3-1/h5-6,20H,1-4,11H2,(H,12,17)(H,13,14)(H,15,16)(H,18,19);1-5H. The van der Waals surface area contributed by atoms with Gasteiger partial charge in [-0.05, 0) is 18.6 Å². The van der Waals surface area contributed by atoms with Gasteiger partial charge in [0.1, 0.15) is 18.6 Å². The highest BCUT2D eigenvalue weighted by molar-refractivity contribution is 7.80. The number of carbonyl (C=O) groups excluding carboxylic acids is 2. The largest absolute Gasteiger partial charge is 0.480 e. The highest BCUT2D eigenvalue weighted by Crippen LogP contribution is 1.97. The maximum absolute atomic E-state index is 11.5. The molecule has 2 amide bonds. The third-order valence-corrected chi connectivity index (χ3v) is 3.11. The number of carboxylic acid groups (broad SMARTS) is 2. The van der Waals surface area contributed by atoms with Gasteiger partial charge in [0.05, 0.1) is 0 Å². The maximum atomic E-state index is 11.5. The molecular weight excluding hydrogens is 352 g/mol. The average molecular weight is 374 g/mol. The Morgan fingerprint density at radius 1 is 1.16 bits per heavy atom. The lowest BCUT2D eigenvalue weighted by molar-refractivity contribution is -0.139. The minimum absolute atomic E-state index is 0.0256. The molecule has 0 fully saturated rings. The van der Waals surface area contributed by atoms with E-state index in [9.17, 15) is 19.2 Å². The Morgan fingerprint density at radius 2 is 1.76 bits per heavy atom. The molecule has 0 saturated heterocycles. The van der Waals surface area contributed by atoms with Gasteiger partial charge in [-0.15, -0.1) is 0 Å². The Hall–Kier alpha value is -2.53. The summed E-state index contributed by atoms with van der Waals surface area (Å²) in [6, 6.07) is 1.74. The topological polar surface area (TPSA) is 175 Å². The van der Waals surface area contributed by atoms with Crippen molar-refractivity contribution in [3.05, 3.63) is 24.5 Å². The molecule has 0 aliphatic heterocycles. The molecule has 10 nitrogen and oxygen atoms in total. The smallest absolute Gasteiger partial charge is 0.322 e. The quantitative estimate of drug-likeness (QED) is 0.266. The van der Waals surface area contributed by atoms with E-state index in [0.717, 1.165) is 0 Å². The number of thiol groups is 1. The number of nitrogens with one attached hydrogen (secondary N) is 3. The van der Waals surface area contributed by atoms with Crippen molar-refractivity contribution in [3.63, 3.8) is 0 Å². The van der Waals surface area contributed by atoms with Gasteiger partial charge in [0.2, 0.25) is 11.8 Å². The van der Waals surface area contributed by atoms with Crippen LogP contribution in [0.5, 0.6) is 0 Å². The molecule has 1 rings (SSSR count). The van der Waals surface area contributed by atoms with Crippen molar-refractivity contribution < 1.29 is 29.4 Å². The second-order valence-electron chi connectivity index (χ2n) is 4.78. The van der Waals surface area contributed by atoms with E-state index in [-0.39, 0.29) is 18.6 Å². The van der Waals surface area contributed by atoms with E-state index < -0.39 is 42.4 Å². The summed E-state index contributed by atoms with van der Waals surface area (Å²) in [7, 11) is 0. The van der Waals surface area contributed by atoms with Crippen molar-refractivity contribution in [1.82, 2.24) is 15.6 Å². The first-order valence-electron chi connectivity index (χ1n) is 7.23. The number of carboxylic acids is 2. The van der Waals surface area contributed by atoms with Crippen LogP contribution < -0.4 is 16.4 Å². The number of aromatic nitrogens is 1. The zero-order chi connectivity index (χ0) is 19.2. The molecule has 1 aromatic rings. The van der Waals surface area contributed by atoms with E-state index in [1.165, 1.54) is 0 Å². The number of aromatic amines is 1. The summed E-state index contributed by atoms with van der Waals surface area (Å²) in [4.78, 5) is 46.6. The van der Waals surface area contributed by atoms with Crippen LogP contribution in [-0.2, 0) is 19.2 Å². The fourth-order valence-electron chi connectivity index (χ4n) is 1.43. The Labute approximate surface area is 149 Å². The van der Waals surface area contributed by atoms with Crippen LogP contribution in [0.3, 0.4) is 0 Å². The summed E-state index contributed by atoms with van der Waals surface area (Å²) < 4.78 is 0. The van der Waals surface area contributed by atoms with Crippen LogP contribution in [0, 0.1) is 0 Å². The summed E-state index contributed by atoms with van der Waals surface area (Å²) in [6.07, 6.45) is 3.52. The summed E-state index contributed by atoms with van der Waals surface area (Å²) in [5, 5.41) is 21.4. The molecule has 0 aromatic carbocycles. The molecule has 2 unspecified atom stereocenters. The molecule has 140 valence electrons. The minimum atomic E-state index is -1.22. The van der Waals surface area contributed by atoms with Crippen LogP contribution in [0.25, 0.3) is 0 Å². The van der Waals surface area contributed by atoms with Crippen LogP contribution in [-0.4, -0.2) is 63.3 Å². The Balaban J connectivity index is 0.000000972. The number of amides is 2. The molecule has 25 heavy (non-hydrogen) atoms. The molecule has 1 aromatic heterocycles. The normalized spacial score (nSPS) is 12.1. The molecule has 0 aliphatic rings. The van der Waals surface area contributed by atoms with Gasteiger partial charge in [0, 0.05) is 24.6 Å². The Kier molecular flexibility index (Phi) is 11.5. The molecule has 0 saturated carbocycles.